The molecule has 1 aliphatic heterocycles. The molecule has 0 saturated carbocycles. The molecule has 0 atom stereocenters. The Morgan fingerprint density at radius 3 is 1.30 bits per heavy atom. The summed E-state index contributed by atoms with van der Waals surface area (Å²) < 4.78 is 20.4. The molecule has 0 fully saturated rings. The van der Waals surface area contributed by atoms with E-state index in [1.54, 1.807) is 7.11 Å². The first-order chi connectivity index (χ1) is 41.0. The van der Waals surface area contributed by atoms with Gasteiger partial charge in [-0.1, -0.05) is 162 Å². The quantitative estimate of drug-likeness (QED) is 0.0530. The molecule has 0 unspecified atom stereocenters. The zero-order valence-electron chi connectivity index (χ0n) is 49.4. The molecule has 6 nitrogen and oxygen atoms in total. The van der Waals surface area contributed by atoms with Gasteiger partial charge in [-0.05, 0) is 204 Å². The number of carbonyl (C=O) groups excluding carboxylic acids is 1. The maximum atomic E-state index is 14.4. The van der Waals surface area contributed by atoms with Gasteiger partial charge in [-0.25, -0.2) is 0 Å². The number of para-hydroxylation sites is 2. The lowest BCUT2D eigenvalue weighted by molar-refractivity contribution is 0.103. The summed E-state index contributed by atoms with van der Waals surface area (Å²) >= 11 is 0. The molecule has 84 heavy (non-hydrogen) atoms. The number of aromatic nitrogens is 1. The smallest absolute Gasteiger partial charge is 0.193 e. The first kappa shape index (κ1) is 55.4. The molecule has 0 saturated heterocycles. The fourth-order valence-corrected chi connectivity index (χ4v) is 12.7. The highest BCUT2D eigenvalue weighted by Crippen LogP contribution is 2.52. The summed E-state index contributed by atoms with van der Waals surface area (Å²) in [7, 11) is 1.71. The van der Waals surface area contributed by atoms with Crippen LogP contribution in [0.2, 0.25) is 0 Å². The number of aryl methyl sites for hydroxylation is 3. The van der Waals surface area contributed by atoms with Crippen LogP contribution in [0.25, 0.3) is 60.9 Å². The van der Waals surface area contributed by atoms with Gasteiger partial charge >= 0.3 is 0 Å². The number of nitrogens with zero attached hydrogens (tertiary/aromatic N) is 2. The Morgan fingerprint density at radius 1 is 0.405 bits per heavy atom. The number of anilines is 3. The van der Waals surface area contributed by atoms with Gasteiger partial charge in [0, 0.05) is 38.7 Å². The Bertz CT molecular complexity index is 4100. The van der Waals surface area contributed by atoms with Crippen LogP contribution in [0.4, 0.5) is 17.1 Å². The Kier molecular flexibility index (Phi) is 16.1. The van der Waals surface area contributed by atoms with Crippen molar-refractivity contribution in [2.24, 2.45) is 0 Å². The van der Waals surface area contributed by atoms with E-state index in [1.807, 2.05) is 30.3 Å². The van der Waals surface area contributed by atoms with Crippen LogP contribution >= 0.6 is 0 Å². The fourth-order valence-electron chi connectivity index (χ4n) is 12.7. The van der Waals surface area contributed by atoms with Gasteiger partial charge in [-0.15, -0.1) is 0 Å². The van der Waals surface area contributed by atoms with Gasteiger partial charge in [-0.2, -0.15) is 0 Å². The molecule has 11 aromatic rings. The van der Waals surface area contributed by atoms with E-state index in [9.17, 15) is 4.79 Å². The summed E-state index contributed by atoms with van der Waals surface area (Å²) in [6.45, 7) is 12.5. The predicted molar refractivity (Wildman–Crippen MR) is 349 cm³/mol. The minimum absolute atomic E-state index is 0.0183. The monoisotopic (exact) mass is 1100 g/mol. The number of hydrogen-bond donors (Lipinski definition) is 0. The lowest BCUT2D eigenvalue weighted by Crippen LogP contribution is -2.30. The Balaban J connectivity index is 0.711. The Hall–Kier alpha value is -9.13. The van der Waals surface area contributed by atoms with Crippen molar-refractivity contribution in [3.63, 3.8) is 0 Å². The third-order valence-electron chi connectivity index (χ3n) is 17.3. The van der Waals surface area contributed by atoms with E-state index in [0.717, 1.165) is 104 Å². The van der Waals surface area contributed by atoms with E-state index < -0.39 is 0 Å². The summed E-state index contributed by atoms with van der Waals surface area (Å²) in [5.74, 6) is 2.69. The van der Waals surface area contributed by atoms with Gasteiger partial charge in [0.1, 0.15) is 17.2 Å². The lowest BCUT2D eigenvalue weighted by Gasteiger charge is -2.42. The van der Waals surface area contributed by atoms with Crippen LogP contribution in [0.3, 0.4) is 0 Å². The molecule has 0 aliphatic carbocycles. The van der Waals surface area contributed by atoms with Crippen LogP contribution in [0.5, 0.6) is 17.2 Å². The Labute approximate surface area is 495 Å². The summed E-state index contributed by atoms with van der Waals surface area (Å²) in [4.78, 5) is 16.7. The van der Waals surface area contributed by atoms with E-state index >= 15 is 0 Å². The van der Waals surface area contributed by atoms with E-state index in [1.165, 1.54) is 77.5 Å². The van der Waals surface area contributed by atoms with E-state index in [0.29, 0.717) is 17.7 Å². The molecule has 420 valence electrons. The molecule has 1 aliphatic rings. The largest absolute Gasteiger partial charge is 0.497 e. The first-order valence-corrected chi connectivity index (χ1v) is 30.0. The fraction of sp³-hybridized carbons (Fsp3) is 0.218. The molecule has 10 aromatic carbocycles. The van der Waals surface area contributed by atoms with Gasteiger partial charge < -0.3 is 23.7 Å². The van der Waals surface area contributed by atoms with Gasteiger partial charge in [-0.3, -0.25) is 4.79 Å². The van der Waals surface area contributed by atoms with E-state index in [2.05, 4.69) is 232 Å². The number of unbranched alkanes of at least 4 members (excludes halogenated alkanes) is 7. The molecule has 2 heterocycles. The number of hydrogen-bond acceptors (Lipinski definition) is 5. The van der Waals surface area contributed by atoms with E-state index in [4.69, 9.17) is 14.2 Å². The maximum absolute atomic E-state index is 14.4. The molecule has 0 N–H and O–H groups in total. The molecule has 12 rings (SSSR count). The number of rotatable bonds is 21. The highest BCUT2D eigenvalue weighted by molar-refractivity contribution is 6.12. The summed E-state index contributed by atoms with van der Waals surface area (Å²) in [5.41, 5.74) is 20.8. The molecular formula is C78H74N2O4. The van der Waals surface area contributed by atoms with Gasteiger partial charge in [0.25, 0.3) is 0 Å². The lowest BCUT2D eigenvalue weighted by atomic mass is 9.73. The SMILES string of the molecule is COc1ccc(-c2ccc3c4ccc(-c5ccc(OCCCCCCCCCCOc6ccc(-c7ccccc7)c(C)c6)cc5C)cc4n(-c4ccc(C(=O)c5ccc(N6c7ccccc7C(C)(C)c7ccccc76)cc5)cc4)c3c2)c(C)c1. The van der Waals surface area contributed by atoms with E-state index in [-0.39, 0.29) is 11.2 Å². The van der Waals surface area contributed by atoms with Crippen LogP contribution in [-0.2, 0) is 5.41 Å². The number of methoxy groups -OCH3 is 1. The van der Waals surface area contributed by atoms with Crippen LogP contribution in [0, 0.1) is 20.8 Å². The van der Waals surface area contributed by atoms with Crippen molar-refractivity contribution >= 4 is 44.7 Å². The molecule has 6 heteroatoms. The second-order valence-corrected chi connectivity index (χ2v) is 23.2. The summed E-state index contributed by atoms with van der Waals surface area (Å²) in [5, 5.41) is 2.32. The normalized spacial score (nSPS) is 12.5. The van der Waals surface area contributed by atoms with Crippen LogP contribution in [-0.4, -0.2) is 30.7 Å². The van der Waals surface area contributed by atoms with Crippen LogP contribution in [0.1, 0.15) is 109 Å². The van der Waals surface area contributed by atoms with Gasteiger partial charge in [0.15, 0.2) is 5.78 Å². The molecule has 0 bridgehead atoms. The first-order valence-electron chi connectivity index (χ1n) is 30.0. The molecule has 0 amide bonds. The third-order valence-corrected chi connectivity index (χ3v) is 17.3. The second kappa shape index (κ2) is 24.4. The Morgan fingerprint density at radius 2 is 0.821 bits per heavy atom. The van der Waals surface area contributed by atoms with Crippen LogP contribution in [0.15, 0.2) is 218 Å². The summed E-state index contributed by atoms with van der Waals surface area (Å²) in [6.07, 6.45) is 9.49. The number of ether oxygens (including phenoxy) is 3. The molecule has 1 aromatic heterocycles. The predicted octanol–water partition coefficient (Wildman–Crippen LogP) is 20.6. The molecular weight excluding hydrogens is 1030 g/mol. The molecule has 0 radical (unpaired) electrons. The highest BCUT2D eigenvalue weighted by atomic mass is 16.5. The van der Waals surface area contributed by atoms with Crippen molar-refractivity contribution in [3.05, 3.63) is 257 Å². The number of ketones is 1. The summed E-state index contributed by atoms with van der Waals surface area (Å²) in [6, 6.07) is 76.8. The second-order valence-electron chi connectivity index (χ2n) is 23.2. The molecule has 0 spiro atoms. The van der Waals surface area contributed by atoms with Crippen molar-refractivity contribution in [2.45, 2.75) is 91.4 Å². The van der Waals surface area contributed by atoms with Crippen molar-refractivity contribution in [1.29, 1.82) is 0 Å². The van der Waals surface area contributed by atoms with Crippen molar-refractivity contribution in [1.82, 2.24) is 4.57 Å². The minimum atomic E-state index is -0.148. The third kappa shape index (κ3) is 11.3. The van der Waals surface area contributed by atoms with Crippen molar-refractivity contribution < 1.29 is 19.0 Å². The minimum Gasteiger partial charge on any atom is -0.497 e. The number of carbonyl (C=O) groups is 1. The van der Waals surface area contributed by atoms with Crippen molar-refractivity contribution in [2.75, 3.05) is 25.2 Å². The highest BCUT2D eigenvalue weighted by Gasteiger charge is 2.36. The van der Waals surface area contributed by atoms with Crippen molar-refractivity contribution in [3.8, 4) is 56.3 Å². The van der Waals surface area contributed by atoms with Gasteiger partial charge in [0.2, 0.25) is 0 Å². The van der Waals surface area contributed by atoms with Gasteiger partial charge in [0.05, 0.1) is 42.7 Å². The standard InChI is InChI=1S/C78H74N2O4/c1-53-48-63(82-6)38-43-67(53)59-32-41-69-70-42-33-60(68-45-40-65(50-55(68)3)84-47-21-12-10-8-7-9-11-20-46-83-64-39-44-66(54(2)49-64)56-22-14-13-15-23-56)52-76(70)80(75(69)51-59)62-36-30-58(31-37-62)77(81)57-28-34-61(35-29-57)79-73-26-18-16-24-71(73)78(4,5)72-25-17-19-27-74(72)79/h13-19,22-45,48-52H,7-12,20-21,46-47H2,1-6H3. The topological polar surface area (TPSA) is 52.9 Å². The average Bonchev–Trinajstić information content (AvgIpc) is 1.72. The average molecular weight is 1100 g/mol. The van der Waals surface area contributed by atoms with Crippen LogP contribution < -0.4 is 19.1 Å². The number of benzene rings is 10. The zero-order valence-corrected chi connectivity index (χ0v) is 49.4. The zero-order chi connectivity index (χ0) is 57.7. The number of fused-ring (bicyclic) bond motifs is 5. The maximum Gasteiger partial charge on any atom is 0.193 e.